The number of thiophene rings is 1. The minimum Gasteiger partial charge on any atom is -0.495 e. The number of ether oxygens (including phenoxy) is 1. The Morgan fingerprint density at radius 2 is 2.14 bits per heavy atom. The first-order chi connectivity index (χ1) is 13.5. The number of methoxy groups -OCH3 is 1. The minimum absolute atomic E-state index is 0.0430. The van der Waals surface area contributed by atoms with Crippen LogP contribution in [-0.2, 0) is 4.79 Å². The zero-order valence-corrected chi connectivity index (χ0v) is 17.7. The van der Waals surface area contributed by atoms with E-state index in [1.807, 2.05) is 24.0 Å². The Kier molecular flexibility index (Phi) is 6.97. The molecule has 2 aromatic rings. The number of carbonyl (C=O) groups excluding carboxylic acids is 2. The van der Waals surface area contributed by atoms with E-state index in [1.165, 1.54) is 11.3 Å². The number of aryl methyl sites for hydroxylation is 1. The normalized spacial score (nSPS) is 16.7. The van der Waals surface area contributed by atoms with Crippen LogP contribution in [0, 0.1) is 12.8 Å². The lowest BCUT2D eigenvalue weighted by Crippen LogP contribution is -2.39. The molecule has 1 unspecified atom stereocenters. The molecule has 7 heteroatoms. The number of nitrogens with zero attached hydrogens (tertiary/aromatic N) is 1. The summed E-state index contributed by atoms with van der Waals surface area (Å²) in [6.07, 6.45) is 3.22. The molecule has 1 saturated heterocycles. The number of hydrogen-bond donors (Lipinski definition) is 1. The van der Waals surface area contributed by atoms with E-state index >= 15 is 0 Å². The lowest BCUT2D eigenvalue weighted by Gasteiger charge is -2.32. The molecule has 1 N–H and O–H groups in total. The third-order valence-electron chi connectivity index (χ3n) is 4.97. The summed E-state index contributed by atoms with van der Waals surface area (Å²) >= 11 is 7.64. The van der Waals surface area contributed by atoms with Crippen LogP contribution in [0.2, 0.25) is 5.02 Å². The summed E-state index contributed by atoms with van der Waals surface area (Å²) in [5.41, 5.74) is 0.657. The van der Waals surface area contributed by atoms with E-state index in [0.29, 0.717) is 28.8 Å². The molecule has 0 bridgehead atoms. The quantitative estimate of drug-likeness (QED) is 0.716. The Balaban J connectivity index is 1.49. The van der Waals surface area contributed by atoms with Gasteiger partial charge in [-0.05, 0) is 62.4 Å². The van der Waals surface area contributed by atoms with Crippen LogP contribution < -0.4 is 10.1 Å². The fourth-order valence-corrected chi connectivity index (χ4v) is 4.59. The van der Waals surface area contributed by atoms with Crippen LogP contribution in [0.4, 0.5) is 5.69 Å². The smallest absolute Gasteiger partial charge is 0.263 e. The van der Waals surface area contributed by atoms with Crippen LogP contribution in [0.25, 0.3) is 0 Å². The van der Waals surface area contributed by atoms with E-state index in [0.717, 1.165) is 42.1 Å². The maximum absolute atomic E-state index is 12.7. The molecule has 2 heterocycles. The number of halogens is 1. The van der Waals surface area contributed by atoms with Crippen LogP contribution in [-0.4, -0.2) is 36.9 Å². The second-order valence-electron chi connectivity index (χ2n) is 7.11. The standard InChI is InChI=1S/C21H25ClN2O3S/c1-14-5-9-19(28-14)21(26)24-11-3-4-15(13-24)6-10-20(25)23-16-7-8-18(27-2)17(22)12-16/h5,7-9,12,15H,3-4,6,10-11,13H2,1-2H3,(H,23,25). The molecular formula is C21H25ClN2O3S. The van der Waals surface area contributed by atoms with E-state index < -0.39 is 0 Å². The molecule has 1 aliphatic rings. The summed E-state index contributed by atoms with van der Waals surface area (Å²) in [7, 11) is 1.55. The molecule has 1 fully saturated rings. The number of nitrogens with one attached hydrogen (secondary N) is 1. The van der Waals surface area contributed by atoms with Gasteiger partial charge < -0.3 is 15.0 Å². The van der Waals surface area contributed by atoms with Gasteiger partial charge in [0, 0.05) is 30.1 Å². The fourth-order valence-electron chi connectivity index (χ4n) is 3.49. The van der Waals surface area contributed by atoms with E-state index in [2.05, 4.69) is 5.32 Å². The first-order valence-corrected chi connectivity index (χ1v) is 10.6. The van der Waals surface area contributed by atoms with Crippen molar-refractivity contribution in [3.63, 3.8) is 0 Å². The summed E-state index contributed by atoms with van der Waals surface area (Å²) in [6.45, 7) is 3.52. The zero-order valence-electron chi connectivity index (χ0n) is 16.2. The zero-order chi connectivity index (χ0) is 20.1. The highest BCUT2D eigenvalue weighted by atomic mass is 35.5. The fraction of sp³-hybridized carbons (Fsp3) is 0.429. The van der Waals surface area contributed by atoms with Gasteiger partial charge in [0.2, 0.25) is 5.91 Å². The van der Waals surface area contributed by atoms with E-state index in [1.54, 1.807) is 25.3 Å². The lowest BCUT2D eigenvalue weighted by atomic mass is 9.93. The predicted octanol–water partition coefficient (Wildman–Crippen LogP) is 4.99. The van der Waals surface area contributed by atoms with Gasteiger partial charge in [-0.1, -0.05) is 11.6 Å². The maximum atomic E-state index is 12.7. The van der Waals surface area contributed by atoms with E-state index in [4.69, 9.17) is 16.3 Å². The van der Waals surface area contributed by atoms with Crippen molar-refractivity contribution in [1.29, 1.82) is 0 Å². The summed E-state index contributed by atoms with van der Waals surface area (Å²) < 4.78 is 5.12. The third-order valence-corrected chi connectivity index (χ3v) is 6.26. The van der Waals surface area contributed by atoms with Gasteiger partial charge in [-0.25, -0.2) is 0 Å². The Morgan fingerprint density at radius 1 is 1.32 bits per heavy atom. The van der Waals surface area contributed by atoms with Gasteiger partial charge in [-0.3, -0.25) is 9.59 Å². The molecule has 0 saturated carbocycles. The number of benzene rings is 1. The highest BCUT2D eigenvalue weighted by Gasteiger charge is 2.25. The number of amides is 2. The van der Waals surface area contributed by atoms with Crippen molar-refractivity contribution in [1.82, 2.24) is 4.90 Å². The molecule has 3 rings (SSSR count). The average Bonchev–Trinajstić information content (AvgIpc) is 3.12. The second-order valence-corrected chi connectivity index (χ2v) is 8.80. The van der Waals surface area contributed by atoms with Crippen LogP contribution in [0.5, 0.6) is 5.75 Å². The summed E-state index contributed by atoms with van der Waals surface area (Å²) in [6, 6.07) is 9.07. The van der Waals surface area contributed by atoms with Crippen molar-refractivity contribution in [3.05, 3.63) is 45.1 Å². The SMILES string of the molecule is COc1ccc(NC(=O)CCC2CCCN(C(=O)c3ccc(C)s3)C2)cc1Cl. The molecule has 1 atom stereocenters. The van der Waals surface area contributed by atoms with Crippen molar-refractivity contribution in [2.45, 2.75) is 32.6 Å². The molecule has 0 spiro atoms. The topological polar surface area (TPSA) is 58.6 Å². The number of piperidine rings is 1. The number of anilines is 1. The average molecular weight is 421 g/mol. The summed E-state index contributed by atoms with van der Waals surface area (Å²) in [4.78, 5) is 28.8. The van der Waals surface area contributed by atoms with Crippen molar-refractivity contribution in [2.75, 3.05) is 25.5 Å². The van der Waals surface area contributed by atoms with Gasteiger partial charge >= 0.3 is 0 Å². The molecule has 0 aliphatic carbocycles. The molecule has 5 nitrogen and oxygen atoms in total. The Hall–Kier alpha value is -2.05. The molecule has 0 radical (unpaired) electrons. The molecule has 1 aromatic heterocycles. The largest absolute Gasteiger partial charge is 0.495 e. The minimum atomic E-state index is -0.0430. The van der Waals surface area contributed by atoms with Crippen molar-refractivity contribution < 1.29 is 14.3 Å². The Morgan fingerprint density at radius 3 is 2.82 bits per heavy atom. The van der Waals surface area contributed by atoms with Crippen molar-refractivity contribution in [3.8, 4) is 5.75 Å². The summed E-state index contributed by atoms with van der Waals surface area (Å²) in [5, 5.41) is 3.34. The second kappa shape index (κ2) is 9.43. The number of hydrogen-bond acceptors (Lipinski definition) is 4. The highest BCUT2D eigenvalue weighted by molar-refractivity contribution is 7.13. The van der Waals surface area contributed by atoms with Crippen LogP contribution in [0.1, 0.15) is 40.2 Å². The molecule has 28 heavy (non-hydrogen) atoms. The van der Waals surface area contributed by atoms with Gasteiger partial charge in [0.15, 0.2) is 0 Å². The first kappa shape index (κ1) is 20.7. The molecule has 150 valence electrons. The number of likely N-dealkylation sites (tertiary alicyclic amines) is 1. The predicted molar refractivity (Wildman–Crippen MR) is 114 cm³/mol. The molecule has 1 aliphatic heterocycles. The Labute approximate surface area is 174 Å². The van der Waals surface area contributed by atoms with Crippen LogP contribution in [0.3, 0.4) is 0 Å². The summed E-state index contributed by atoms with van der Waals surface area (Å²) in [5.74, 6) is 0.996. The van der Waals surface area contributed by atoms with Gasteiger partial charge in [-0.15, -0.1) is 11.3 Å². The van der Waals surface area contributed by atoms with Gasteiger partial charge in [0.25, 0.3) is 5.91 Å². The number of carbonyl (C=O) groups is 2. The number of rotatable bonds is 6. The molecule has 2 amide bonds. The highest BCUT2D eigenvalue weighted by Crippen LogP contribution is 2.28. The maximum Gasteiger partial charge on any atom is 0.263 e. The third kappa shape index (κ3) is 5.26. The van der Waals surface area contributed by atoms with Gasteiger partial charge in [0.1, 0.15) is 5.75 Å². The monoisotopic (exact) mass is 420 g/mol. The van der Waals surface area contributed by atoms with Gasteiger partial charge in [0.05, 0.1) is 17.0 Å². The molecular weight excluding hydrogens is 396 g/mol. The first-order valence-electron chi connectivity index (χ1n) is 9.45. The van der Waals surface area contributed by atoms with Crippen molar-refractivity contribution >= 4 is 40.4 Å². The lowest BCUT2D eigenvalue weighted by molar-refractivity contribution is -0.116. The Bertz CT molecular complexity index is 852. The van der Waals surface area contributed by atoms with Crippen LogP contribution in [0.15, 0.2) is 30.3 Å². The van der Waals surface area contributed by atoms with E-state index in [-0.39, 0.29) is 11.8 Å². The molecule has 1 aromatic carbocycles. The van der Waals surface area contributed by atoms with E-state index in [9.17, 15) is 9.59 Å². The van der Waals surface area contributed by atoms with Crippen LogP contribution >= 0.6 is 22.9 Å². The van der Waals surface area contributed by atoms with Gasteiger partial charge in [-0.2, -0.15) is 0 Å². The van der Waals surface area contributed by atoms with Crippen molar-refractivity contribution in [2.24, 2.45) is 5.92 Å².